The zero-order valence-corrected chi connectivity index (χ0v) is 10.5. The predicted octanol–water partition coefficient (Wildman–Crippen LogP) is 2.71. The van der Waals surface area contributed by atoms with Gasteiger partial charge in [-0.05, 0) is 12.1 Å². The molecule has 1 aromatic heterocycles. The number of anilines is 1. The minimum atomic E-state index is 0.0146. The SMILES string of the molecule is CC(C)(C)c1n[nH]nc1CNc1ccccc1. The lowest BCUT2D eigenvalue weighted by molar-refractivity contribution is 0.561. The molecule has 0 spiro atoms. The Balaban J connectivity index is 2.08. The third kappa shape index (κ3) is 2.84. The Morgan fingerprint density at radius 3 is 2.47 bits per heavy atom. The van der Waals surface area contributed by atoms with E-state index < -0.39 is 0 Å². The average Bonchev–Trinajstić information content (AvgIpc) is 2.75. The van der Waals surface area contributed by atoms with Gasteiger partial charge in [-0.25, -0.2) is 0 Å². The topological polar surface area (TPSA) is 53.6 Å². The number of H-pyrrole nitrogens is 1. The van der Waals surface area contributed by atoms with Gasteiger partial charge in [-0.2, -0.15) is 15.4 Å². The number of benzene rings is 1. The molecule has 0 aliphatic carbocycles. The molecule has 0 saturated carbocycles. The van der Waals surface area contributed by atoms with Crippen LogP contribution in [0.5, 0.6) is 0 Å². The van der Waals surface area contributed by atoms with Crippen molar-refractivity contribution in [3.63, 3.8) is 0 Å². The van der Waals surface area contributed by atoms with E-state index in [2.05, 4.69) is 41.5 Å². The van der Waals surface area contributed by atoms with E-state index in [9.17, 15) is 0 Å². The Labute approximate surface area is 101 Å². The zero-order valence-electron chi connectivity index (χ0n) is 10.5. The van der Waals surface area contributed by atoms with E-state index in [1.807, 2.05) is 30.3 Å². The van der Waals surface area contributed by atoms with Gasteiger partial charge in [-0.15, -0.1) is 0 Å². The molecular weight excluding hydrogens is 212 g/mol. The Morgan fingerprint density at radius 2 is 1.82 bits per heavy atom. The van der Waals surface area contributed by atoms with Crippen molar-refractivity contribution in [2.45, 2.75) is 32.7 Å². The minimum Gasteiger partial charge on any atom is -0.379 e. The molecule has 17 heavy (non-hydrogen) atoms. The van der Waals surface area contributed by atoms with Gasteiger partial charge in [-0.1, -0.05) is 39.0 Å². The number of hydrogen-bond acceptors (Lipinski definition) is 3. The van der Waals surface area contributed by atoms with Gasteiger partial charge in [0.05, 0.1) is 12.2 Å². The zero-order chi connectivity index (χ0) is 12.3. The van der Waals surface area contributed by atoms with Crippen LogP contribution in [0.25, 0.3) is 0 Å². The third-order valence-corrected chi connectivity index (χ3v) is 2.56. The number of rotatable bonds is 3. The van der Waals surface area contributed by atoms with Crippen molar-refractivity contribution in [3.05, 3.63) is 41.7 Å². The van der Waals surface area contributed by atoms with E-state index in [4.69, 9.17) is 0 Å². The molecule has 90 valence electrons. The smallest absolute Gasteiger partial charge is 0.105 e. The largest absolute Gasteiger partial charge is 0.379 e. The number of aromatic amines is 1. The van der Waals surface area contributed by atoms with Crippen LogP contribution in [0.15, 0.2) is 30.3 Å². The highest BCUT2D eigenvalue weighted by molar-refractivity contribution is 5.43. The van der Waals surface area contributed by atoms with Gasteiger partial charge in [0.25, 0.3) is 0 Å². The summed E-state index contributed by atoms with van der Waals surface area (Å²) < 4.78 is 0. The van der Waals surface area contributed by atoms with Crippen LogP contribution in [-0.4, -0.2) is 15.4 Å². The second-order valence-corrected chi connectivity index (χ2v) is 5.09. The lowest BCUT2D eigenvalue weighted by atomic mass is 9.91. The van der Waals surface area contributed by atoms with Crippen molar-refractivity contribution in [3.8, 4) is 0 Å². The fraction of sp³-hybridized carbons (Fsp3) is 0.385. The van der Waals surface area contributed by atoms with Crippen LogP contribution in [0.2, 0.25) is 0 Å². The van der Waals surface area contributed by atoms with Crippen LogP contribution in [-0.2, 0) is 12.0 Å². The van der Waals surface area contributed by atoms with Gasteiger partial charge in [0, 0.05) is 11.1 Å². The molecule has 0 radical (unpaired) electrons. The van der Waals surface area contributed by atoms with E-state index in [0.717, 1.165) is 17.1 Å². The summed E-state index contributed by atoms with van der Waals surface area (Å²) in [6, 6.07) is 10.1. The van der Waals surface area contributed by atoms with Gasteiger partial charge in [0.15, 0.2) is 0 Å². The number of para-hydroxylation sites is 1. The maximum atomic E-state index is 4.22. The highest BCUT2D eigenvalue weighted by Crippen LogP contribution is 2.22. The molecule has 0 unspecified atom stereocenters. The van der Waals surface area contributed by atoms with Gasteiger partial charge in [0.2, 0.25) is 0 Å². The first kappa shape index (κ1) is 11.6. The fourth-order valence-corrected chi connectivity index (χ4v) is 1.72. The monoisotopic (exact) mass is 230 g/mol. The summed E-state index contributed by atoms with van der Waals surface area (Å²) in [7, 11) is 0. The van der Waals surface area contributed by atoms with Crippen LogP contribution < -0.4 is 5.32 Å². The second-order valence-electron chi connectivity index (χ2n) is 5.09. The fourth-order valence-electron chi connectivity index (χ4n) is 1.72. The molecule has 0 amide bonds. The quantitative estimate of drug-likeness (QED) is 0.852. The summed E-state index contributed by atoms with van der Waals surface area (Å²) in [6.07, 6.45) is 0. The molecule has 1 aromatic carbocycles. The Kier molecular flexibility index (Phi) is 3.13. The number of nitrogens with zero attached hydrogens (tertiary/aromatic N) is 2. The summed E-state index contributed by atoms with van der Waals surface area (Å²) in [6.45, 7) is 7.09. The van der Waals surface area contributed by atoms with Gasteiger partial charge in [-0.3, -0.25) is 0 Å². The maximum Gasteiger partial charge on any atom is 0.105 e. The summed E-state index contributed by atoms with van der Waals surface area (Å²) in [5.74, 6) is 0. The first-order chi connectivity index (χ1) is 8.07. The van der Waals surface area contributed by atoms with Crippen molar-refractivity contribution in [1.82, 2.24) is 15.4 Å². The number of hydrogen-bond donors (Lipinski definition) is 2. The summed E-state index contributed by atoms with van der Waals surface area (Å²) in [5.41, 5.74) is 3.10. The molecule has 0 aliphatic heterocycles. The van der Waals surface area contributed by atoms with Crippen LogP contribution in [0.1, 0.15) is 32.2 Å². The van der Waals surface area contributed by atoms with Crippen molar-refractivity contribution in [2.24, 2.45) is 0 Å². The average molecular weight is 230 g/mol. The molecule has 0 atom stereocenters. The van der Waals surface area contributed by atoms with Crippen LogP contribution in [0, 0.1) is 0 Å². The predicted molar refractivity (Wildman–Crippen MR) is 68.9 cm³/mol. The maximum absolute atomic E-state index is 4.22. The number of nitrogens with one attached hydrogen (secondary N) is 2. The van der Waals surface area contributed by atoms with Crippen molar-refractivity contribution in [2.75, 3.05) is 5.32 Å². The van der Waals surface area contributed by atoms with Crippen molar-refractivity contribution in [1.29, 1.82) is 0 Å². The molecule has 0 fully saturated rings. The molecular formula is C13H18N4. The molecule has 4 heteroatoms. The van der Waals surface area contributed by atoms with Gasteiger partial charge >= 0.3 is 0 Å². The van der Waals surface area contributed by atoms with Crippen LogP contribution >= 0.6 is 0 Å². The molecule has 0 saturated heterocycles. The van der Waals surface area contributed by atoms with Crippen LogP contribution in [0.3, 0.4) is 0 Å². The van der Waals surface area contributed by atoms with Crippen molar-refractivity contribution >= 4 is 5.69 Å². The van der Waals surface area contributed by atoms with Gasteiger partial charge < -0.3 is 5.32 Å². The lowest BCUT2D eigenvalue weighted by Gasteiger charge is -2.16. The van der Waals surface area contributed by atoms with E-state index in [1.165, 1.54) is 0 Å². The van der Waals surface area contributed by atoms with Crippen LogP contribution in [0.4, 0.5) is 5.69 Å². The Bertz CT molecular complexity index is 468. The summed E-state index contributed by atoms with van der Waals surface area (Å²) in [5, 5.41) is 14.5. The number of aromatic nitrogens is 3. The summed E-state index contributed by atoms with van der Waals surface area (Å²) in [4.78, 5) is 0. The molecule has 2 aromatic rings. The first-order valence-corrected chi connectivity index (χ1v) is 5.76. The molecule has 1 heterocycles. The minimum absolute atomic E-state index is 0.0146. The standard InChI is InChI=1S/C13H18N4/c1-13(2,3)12-11(15-17-16-12)9-14-10-7-5-4-6-8-10/h4-8,14H,9H2,1-3H3,(H,15,16,17). The Hall–Kier alpha value is -1.84. The summed E-state index contributed by atoms with van der Waals surface area (Å²) >= 11 is 0. The van der Waals surface area contributed by atoms with Crippen molar-refractivity contribution < 1.29 is 0 Å². The normalized spacial score (nSPS) is 11.5. The van der Waals surface area contributed by atoms with Gasteiger partial charge in [0.1, 0.15) is 5.69 Å². The Morgan fingerprint density at radius 1 is 1.12 bits per heavy atom. The molecule has 2 rings (SSSR count). The van der Waals surface area contributed by atoms with E-state index in [1.54, 1.807) is 0 Å². The highest BCUT2D eigenvalue weighted by Gasteiger charge is 2.21. The lowest BCUT2D eigenvalue weighted by Crippen LogP contribution is -2.16. The first-order valence-electron chi connectivity index (χ1n) is 5.76. The second kappa shape index (κ2) is 4.57. The molecule has 0 aliphatic rings. The molecule has 4 nitrogen and oxygen atoms in total. The van der Waals surface area contributed by atoms with E-state index in [0.29, 0.717) is 6.54 Å². The van der Waals surface area contributed by atoms with E-state index in [-0.39, 0.29) is 5.41 Å². The third-order valence-electron chi connectivity index (χ3n) is 2.56. The van der Waals surface area contributed by atoms with E-state index >= 15 is 0 Å². The molecule has 0 bridgehead atoms. The highest BCUT2D eigenvalue weighted by atomic mass is 15.3. The molecule has 2 N–H and O–H groups in total.